The first-order chi connectivity index (χ1) is 6.31. The van der Waals surface area contributed by atoms with Crippen molar-refractivity contribution in [1.82, 2.24) is 4.90 Å². The highest BCUT2D eigenvalue weighted by molar-refractivity contribution is 5.73. The van der Waals surface area contributed by atoms with Crippen LogP contribution in [0, 0.1) is 0 Å². The molecule has 14 heavy (non-hydrogen) atoms. The van der Waals surface area contributed by atoms with Crippen LogP contribution in [0.2, 0.25) is 0 Å². The molecule has 4 nitrogen and oxygen atoms in total. The Balaban J connectivity index is 4.45. The van der Waals surface area contributed by atoms with Gasteiger partial charge in [-0.05, 0) is 26.8 Å². The van der Waals surface area contributed by atoms with Crippen LogP contribution in [-0.4, -0.2) is 45.8 Å². The molecule has 2 N–H and O–H groups in total. The molecule has 0 aliphatic rings. The third kappa shape index (κ3) is 4.58. The van der Waals surface area contributed by atoms with Gasteiger partial charge in [0.05, 0.1) is 5.60 Å². The first-order valence-electron chi connectivity index (χ1n) is 5.01. The van der Waals surface area contributed by atoms with Gasteiger partial charge in [-0.1, -0.05) is 13.8 Å². The highest BCUT2D eigenvalue weighted by atomic mass is 16.4. The molecule has 0 saturated heterocycles. The molecular formula is C10H21NO3. The van der Waals surface area contributed by atoms with E-state index in [0.717, 1.165) is 0 Å². The van der Waals surface area contributed by atoms with Crippen molar-refractivity contribution in [3.63, 3.8) is 0 Å². The van der Waals surface area contributed by atoms with Crippen LogP contribution in [0.3, 0.4) is 0 Å². The van der Waals surface area contributed by atoms with Crippen LogP contribution in [0.25, 0.3) is 0 Å². The van der Waals surface area contributed by atoms with Crippen molar-refractivity contribution >= 4 is 5.97 Å². The Kier molecular flexibility index (Phi) is 5.08. The smallest absolute Gasteiger partial charge is 0.320 e. The van der Waals surface area contributed by atoms with Crippen molar-refractivity contribution in [2.45, 2.75) is 45.8 Å². The van der Waals surface area contributed by atoms with Crippen molar-refractivity contribution in [3.05, 3.63) is 0 Å². The van der Waals surface area contributed by atoms with Crippen LogP contribution in [0.15, 0.2) is 0 Å². The molecule has 1 atom stereocenters. The van der Waals surface area contributed by atoms with Gasteiger partial charge in [0, 0.05) is 6.54 Å². The highest BCUT2D eigenvalue weighted by Crippen LogP contribution is 2.10. The zero-order chi connectivity index (χ0) is 11.4. The average Bonchev–Trinajstić information content (AvgIpc) is 2.00. The minimum atomic E-state index is -0.848. The van der Waals surface area contributed by atoms with Crippen LogP contribution >= 0.6 is 0 Å². The van der Waals surface area contributed by atoms with Gasteiger partial charge < -0.3 is 10.2 Å². The van der Waals surface area contributed by atoms with Gasteiger partial charge in [0.25, 0.3) is 0 Å². The molecule has 84 valence electrons. The predicted octanol–water partition coefficient (Wildman–Crippen LogP) is 0.942. The minimum absolute atomic E-state index is 0.383. The van der Waals surface area contributed by atoms with Crippen LogP contribution < -0.4 is 0 Å². The molecule has 0 aromatic heterocycles. The van der Waals surface area contributed by atoms with E-state index in [0.29, 0.717) is 19.5 Å². The van der Waals surface area contributed by atoms with Crippen molar-refractivity contribution in [2.24, 2.45) is 0 Å². The van der Waals surface area contributed by atoms with Gasteiger partial charge in [0.1, 0.15) is 6.04 Å². The fourth-order valence-electron chi connectivity index (χ4n) is 1.53. The van der Waals surface area contributed by atoms with Gasteiger partial charge in [0.15, 0.2) is 0 Å². The molecule has 1 unspecified atom stereocenters. The molecule has 0 bridgehead atoms. The summed E-state index contributed by atoms with van der Waals surface area (Å²) in [6.45, 7) is 8.13. The zero-order valence-electron chi connectivity index (χ0n) is 9.45. The molecule has 0 radical (unpaired) electrons. The number of aliphatic hydroxyl groups is 1. The number of hydrogen-bond acceptors (Lipinski definition) is 3. The van der Waals surface area contributed by atoms with E-state index in [1.165, 1.54) is 0 Å². The quantitative estimate of drug-likeness (QED) is 0.674. The molecule has 0 saturated carbocycles. The Bertz CT molecular complexity index is 186. The van der Waals surface area contributed by atoms with Crippen LogP contribution in [-0.2, 0) is 4.79 Å². The van der Waals surface area contributed by atoms with Gasteiger partial charge in [-0.2, -0.15) is 0 Å². The second-order valence-corrected chi connectivity index (χ2v) is 4.14. The average molecular weight is 203 g/mol. The number of carboxylic acids is 1. The number of rotatable bonds is 6. The Morgan fingerprint density at radius 1 is 1.43 bits per heavy atom. The zero-order valence-corrected chi connectivity index (χ0v) is 9.45. The van der Waals surface area contributed by atoms with Gasteiger partial charge in [-0.3, -0.25) is 9.69 Å². The van der Waals surface area contributed by atoms with Gasteiger partial charge in [-0.25, -0.2) is 0 Å². The van der Waals surface area contributed by atoms with E-state index in [4.69, 9.17) is 5.11 Å². The molecule has 0 amide bonds. The Morgan fingerprint density at radius 2 is 1.93 bits per heavy atom. The van der Waals surface area contributed by atoms with Crippen LogP contribution in [0.1, 0.15) is 34.1 Å². The Morgan fingerprint density at radius 3 is 2.14 bits per heavy atom. The van der Waals surface area contributed by atoms with Crippen LogP contribution in [0.5, 0.6) is 0 Å². The fraction of sp³-hybridized carbons (Fsp3) is 0.900. The number of aliphatic carboxylic acids is 1. The van der Waals surface area contributed by atoms with Crippen molar-refractivity contribution < 1.29 is 15.0 Å². The second-order valence-electron chi connectivity index (χ2n) is 4.14. The molecule has 0 aliphatic carbocycles. The molecule has 0 rings (SSSR count). The summed E-state index contributed by atoms with van der Waals surface area (Å²) in [5.74, 6) is -0.821. The van der Waals surface area contributed by atoms with Crippen molar-refractivity contribution in [3.8, 4) is 0 Å². The maximum absolute atomic E-state index is 10.9. The fourth-order valence-corrected chi connectivity index (χ4v) is 1.53. The Labute approximate surface area is 85.5 Å². The van der Waals surface area contributed by atoms with E-state index in [1.54, 1.807) is 18.7 Å². The summed E-state index contributed by atoms with van der Waals surface area (Å²) in [6, 6.07) is -0.494. The molecule has 0 heterocycles. The monoisotopic (exact) mass is 203 g/mol. The number of likely N-dealkylation sites (N-methyl/N-ethyl adjacent to an activating group) is 1. The Hall–Kier alpha value is -0.610. The summed E-state index contributed by atoms with van der Waals surface area (Å²) in [4.78, 5) is 12.7. The first kappa shape index (κ1) is 13.4. The van der Waals surface area contributed by atoms with E-state index in [9.17, 15) is 9.90 Å². The van der Waals surface area contributed by atoms with E-state index < -0.39 is 17.6 Å². The van der Waals surface area contributed by atoms with E-state index in [-0.39, 0.29) is 0 Å². The number of nitrogens with zero attached hydrogens (tertiary/aromatic N) is 1. The molecule has 0 fully saturated rings. The standard InChI is InChI=1S/C10H21NO3/c1-5-8(9(12)13)11(6-2)7-10(3,4)14/h8,14H,5-7H2,1-4H3,(H,12,13). The number of hydrogen-bond donors (Lipinski definition) is 2. The largest absolute Gasteiger partial charge is 0.480 e. The second kappa shape index (κ2) is 5.32. The first-order valence-corrected chi connectivity index (χ1v) is 5.01. The molecule has 0 aromatic rings. The van der Waals surface area contributed by atoms with E-state index in [1.807, 2.05) is 13.8 Å². The highest BCUT2D eigenvalue weighted by Gasteiger charge is 2.26. The maximum atomic E-state index is 10.9. The van der Waals surface area contributed by atoms with Gasteiger partial charge >= 0.3 is 5.97 Å². The van der Waals surface area contributed by atoms with E-state index in [2.05, 4.69) is 0 Å². The molecule has 0 spiro atoms. The lowest BCUT2D eigenvalue weighted by molar-refractivity contribution is -0.144. The third-order valence-electron chi connectivity index (χ3n) is 2.11. The number of carbonyl (C=O) groups is 1. The normalized spacial score (nSPS) is 14.4. The summed E-state index contributed by atoms with van der Waals surface area (Å²) >= 11 is 0. The van der Waals surface area contributed by atoms with Crippen molar-refractivity contribution in [1.29, 1.82) is 0 Å². The third-order valence-corrected chi connectivity index (χ3v) is 2.11. The molecule has 4 heteroatoms. The minimum Gasteiger partial charge on any atom is -0.480 e. The number of carboxylic acid groups (broad SMARTS) is 1. The van der Waals surface area contributed by atoms with E-state index >= 15 is 0 Å². The summed E-state index contributed by atoms with van der Waals surface area (Å²) in [7, 11) is 0. The topological polar surface area (TPSA) is 60.8 Å². The molecular weight excluding hydrogens is 182 g/mol. The van der Waals surface area contributed by atoms with Gasteiger partial charge in [0.2, 0.25) is 0 Å². The lowest BCUT2D eigenvalue weighted by Gasteiger charge is -2.31. The van der Waals surface area contributed by atoms with Crippen molar-refractivity contribution in [2.75, 3.05) is 13.1 Å². The lowest BCUT2D eigenvalue weighted by atomic mass is 10.1. The van der Waals surface area contributed by atoms with Crippen LogP contribution in [0.4, 0.5) is 0 Å². The molecule has 0 aliphatic heterocycles. The predicted molar refractivity (Wildman–Crippen MR) is 55.3 cm³/mol. The summed E-state index contributed by atoms with van der Waals surface area (Å²) in [5, 5.41) is 18.6. The summed E-state index contributed by atoms with van der Waals surface area (Å²) < 4.78 is 0. The summed E-state index contributed by atoms with van der Waals surface area (Å²) in [6.07, 6.45) is 0.555. The SMILES string of the molecule is CCC(C(=O)O)N(CC)CC(C)(C)O. The molecule has 0 aromatic carbocycles. The lowest BCUT2D eigenvalue weighted by Crippen LogP contribution is -2.47. The maximum Gasteiger partial charge on any atom is 0.320 e. The summed E-state index contributed by atoms with van der Waals surface area (Å²) in [5.41, 5.74) is -0.848. The van der Waals surface area contributed by atoms with Gasteiger partial charge in [-0.15, -0.1) is 0 Å².